The highest BCUT2D eigenvalue weighted by atomic mass is 16.2. The van der Waals surface area contributed by atoms with Crippen LogP contribution in [0.4, 0.5) is 0 Å². The number of nitrogens with one attached hydrogen (secondary N) is 1. The molecule has 8 heavy (non-hydrogen) atoms. The summed E-state index contributed by atoms with van der Waals surface area (Å²) in [5.41, 5.74) is 2.55. The molecule has 1 heterocycles. The van der Waals surface area contributed by atoms with Crippen LogP contribution in [0.15, 0.2) is 0 Å². The first kappa shape index (κ1) is 5.24. The van der Waals surface area contributed by atoms with Gasteiger partial charge in [-0.15, -0.1) is 0 Å². The average Bonchev–Trinajstić information content (AvgIpc) is 1.98. The molecule has 0 aromatic carbocycles. The normalized spacial score (nSPS) is 20.4. The molecular formula is C4H6N2O2. The molecule has 0 atom stereocenters. The van der Waals surface area contributed by atoms with Gasteiger partial charge in [-0.3, -0.25) is 14.6 Å². The minimum absolute atomic E-state index is 0.148. The third-order valence-corrected chi connectivity index (χ3v) is 1.02. The SMILES string of the molecule is CN1NCC(=O)C1=O. The van der Waals surface area contributed by atoms with Crippen LogP contribution < -0.4 is 5.43 Å². The number of nitrogens with zero attached hydrogens (tertiary/aromatic N) is 1. The molecule has 1 aliphatic rings. The Bertz CT molecular complexity index is 143. The van der Waals surface area contributed by atoms with E-state index in [4.69, 9.17) is 0 Å². The fourth-order valence-corrected chi connectivity index (χ4v) is 0.525. The minimum Gasteiger partial charge on any atom is -0.287 e. The van der Waals surface area contributed by atoms with Crippen LogP contribution in [-0.4, -0.2) is 30.3 Å². The molecule has 0 aliphatic carbocycles. The van der Waals surface area contributed by atoms with E-state index in [0.717, 1.165) is 0 Å². The molecule has 0 spiro atoms. The fourth-order valence-electron chi connectivity index (χ4n) is 0.525. The lowest BCUT2D eigenvalue weighted by Crippen LogP contribution is -2.29. The first-order chi connectivity index (χ1) is 3.72. The van der Waals surface area contributed by atoms with E-state index in [1.54, 1.807) is 0 Å². The van der Waals surface area contributed by atoms with Crippen LogP contribution in [0.25, 0.3) is 0 Å². The third-order valence-electron chi connectivity index (χ3n) is 1.02. The Labute approximate surface area is 46.4 Å². The Morgan fingerprint density at radius 2 is 2.25 bits per heavy atom. The highest BCUT2D eigenvalue weighted by Gasteiger charge is 2.24. The fraction of sp³-hybridized carbons (Fsp3) is 0.500. The van der Waals surface area contributed by atoms with Crippen LogP contribution in [0.2, 0.25) is 0 Å². The molecule has 0 aromatic heterocycles. The van der Waals surface area contributed by atoms with Gasteiger partial charge in [-0.25, -0.2) is 5.43 Å². The van der Waals surface area contributed by atoms with E-state index in [0.29, 0.717) is 0 Å². The van der Waals surface area contributed by atoms with E-state index in [1.165, 1.54) is 12.1 Å². The van der Waals surface area contributed by atoms with Gasteiger partial charge in [-0.2, -0.15) is 0 Å². The van der Waals surface area contributed by atoms with Crippen LogP contribution in [0.5, 0.6) is 0 Å². The van der Waals surface area contributed by atoms with Crippen LogP contribution in [0, 0.1) is 0 Å². The van der Waals surface area contributed by atoms with Crippen molar-refractivity contribution in [1.82, 2.24) is 10.4 Å². The molecule has 0 unspecified atom stereocenters. The second-order valence-electron chi connectivity index (χ2n) is 1.62. The molecule has 0 saturated carbocycles. The van der Waals surface area contributed by atoms with Gasteiger partial charge in [0.05, 0.1) is 6.54 Å². The van der Waals surface area contributed by atoms with E-state index in [1.807, 2.05) is 0 Å². The van der Waals surface area contributed by atoms with E-state index in [2.05, 4.69) is 5.43 Å². The van der Waals surface area contributed by atoms with Gasteiger partial charge in [0.1, 0.15) is 0 Å². The van der Waals surface area contributed by atoms with Gasteiger partial charge >= 0.3 is 5.91 Å². The summed E-state index contributed by atoms with van der Waals surface area (Å²) < 4.78 is 0. The van der Waals surface area contributed by atoms with Crippen molar-refractivity contribution in [3.8, 4) is 0 Å². The number of hydrazine groups is 1. The summed E-state index contributed by atoms with van der Waals surface area (Å²) in [5, 5.41) is 1.18. The molecule has 1 fully saturated rings. The van der Waals surface area contributed by atoms with Crippen molar-refractivity contribution < 1.29 is 9.59 Å². The molecule has 0 bridgehead atoms. The Hall–Kier alpha value is -0.900. The van der Waals surface area contributed by atoms with Crippen molar-refractivity contribution in [2.24, 2.45) is 0 Å². The summed E-state index contributed by atoms with van der Waals surface area (Å²) >= 11 is 0. The number of likely N-dealkylation sites (N-methyl/N-ethyl adjacent to an activating group) is 1. The average molecular weight is 114 g/mol. The van der Waals surface area contributed by atoms with E-state index in [-0.39, 0.29) is 12.3 Å². The molecule has 1 saturated heterocycles. The molecule has 44 valence electrons. The summed E-state index contributed by atoms with van der Waals surface area (Å²) in [6.07, 6.45) is 0. The number of Topliss-reactive ketones (excluding diaryl/α,β-unsaturated/α-hetero) is 1. The number of amides is 1. The van der Waals surface area contributed by atoms with Crippen molar-refractivity contribution in [2.45, 2.75) is 0 Å². The molecule has 1 amide bonds. The number of carbonyl (C=O) groups is 2. The van der Waals surface area contributed by atoms with Crippen molar-refractivity contribution in [1.29, 1.82) is 0 Å². The number of ketones is 1. The summed E-state index contributed by atoms with van der Waals surface area (Å²) in [7, 11) is 1.52. The zero-order chi connectivity index (χ0) is 6.15. The molecule has 1 aliphatic heterocycles. The van der Waals surface area contributed by atoms with Gasteiger partial charge in [0, 0.05) is 7.05 Å². The highest BCUT2D eigenvalue weighted by molar-refractivity contribution is 6.38. The van der Waals surface area contributed by atoms with E-state index >= 15 is 0 Å². The van der Waals surface area contributed by atoms with Crippen molar-refractivity contribution in [2.75, 3.05) is 13.6 Å². The van der Waals surface area contributed by atoms with Gasteiger partial charge in [-0.05, 0) is 0 Å². The Balaban J connectivity index is 2.71. The monoisotopic (exact) mass is 114 g/mol. The van der Waals surface area contributed by atoms with Gasteiger partial charge in [0.25, 0.3) is 0 Å². The highest BCUT2D eigenvalue weighted by Crippen LogP contribution is 1.88. The molecular weight excluding hydrogens is 108 g/mol. The zero-order valence-electron chi connectivity index (χ0n) is 4.47. The van der Waals surface area contributed by atoms with Crippen LogP contribution in [0.3, 0.4) is 0 Å². The maximum Gasteiger partial charge on any atom is 0.305 e. The van der Waals surface area contributed by atoms with Crippen LogP contribution in [-0.2, 0) is 9.59 Å². The van der Waals surface area contributed by atoms with Gasteiger partial charge in [0.2, 0.25) is 5.78 Å². The molecule has 1 rings (SSSR count). The number of hydrogen-bond acceptors (Lipinski definition) is 3. The Morgan fingerprint density at radius 3 is 2.38 bits per heavy atom. The topological polar surface area (TPSA) is 49.4 Å². The van der Waals surface area contributed by atoms with Crippen molar-refractivity contribution in [3.63, 3.8) is 0 Å². The first-order valence-electron chi connectivity index (χ1n) is 2.26. The first-order valence-corrected chi connectivity index (χ1v) is 2.26. The zero-order valence-corrected chi connectivity index (χ0v) is 4.47. The molecule has 4 heteroatoms. The molecule has 0 aromatic rings. The second kappa shape index (κ2) is 1.56. The van der Waals surface area contributed by atoms with Crippen LogP contribution >= 0.6 is 0 Å². The molecule has 1 N–H and O–H groups in total. The summed E-state index contributed by atoms with van der Waals surface area (Å²) in [4.78, 5) is 20.7. The Kier molecular flexibility index (Phi) is 1.02. The smallest absolute Gasteiger partial charge is 0.287 e. The quantitative estimate of drug-likeness (QED) is 0.391. The largest absolute Gasteiger partial charge is 0.305 e. The number of carbonyl (C=O) groups excluding carboxylic acids is 2. The summed E-state index contributed by atoms with van der Waals surface area (Å²) in [6.45, 7) is 0.148. The third kappa shape index (κ3) is 0.586. The molecule has 4 nitrogen and oxygen atoms in total. The molecule has 0 radical (unpaired) electrons. The maximum absolute atomic E-state index is 10.4. The summed E-state index contributed by atoms with van der Waals surface area (Å²) in [6, 6.07) is 0. The van der Waals surface area contributed by atoms with Crippen molar-refractivity contribution >= 4 is 11.7 Å². The Morgan fingerprint density at radius 1 is 1.62 bits per heavy atom. The second-order valence-corrected chi connectivity index (χ2v) is 1.62. The summed E-state index contributed by atoms with van der Waals surface area (Å²) in [5.74, 6) is -0.822. The van der Waals surface area contributed by atoms with E-state index < -0.39 is 5.91 Å². The predicted molar refractivity (Wildman–Crippen MR) is 25.8 cm³/mol. The van der Waals surface area contributed by atoms with Crippen molar-refractivity contribution in [3.05, 3.63) is 0 Å². The lowest BCUT2D eigenvalue weighted by atomic mass is 10.4. The maximum atomic E-state index is 10.4. The van der Waals surface area contributed by atoms with Gasteiger partial charge < -0.3 is 0 Å². The number of hydrogen-bond donors (Lipinski definition) is 1. The van der Waals surface area contributed by atoms with E-state index in [9.17, 15) is 9.59 Å². The van der Waals surface area contributed by atoms with Gasteiger partial charge in [-0.1, -0.05) is 0 Å². The number of rotatable bonds is 0. The minimum atomic E-state index is -0.454. The predicted octanol–water partition coefficient (Wildman–Crippen LogP) is -1.47. The lowest BCUT2D eigenvalue weighted by molar-refractivity contribution is -0.139. The van der Waals surface area contributed by atoms with Gasteiger partial charge in [0.15, 0.2) is 0 Å². The lowest BCUT2D eigenvalue weighted by Gasteiger charge is -2.02. The van der Waals surface area contributed by atoms with Crippen LogP contribution in [0.1, 0.15) is 0 Å². The standard InChI is InChI=1S/C4H6N2O2/c1-6-4(8)3(7)2-5-6/h5H,2H2,1H3.